The van der Waals surface area contributed by atoms with Gasteiger partial charge in [0.05, 0.1) is 6.54 Å². The van der Waals surface area contributed by atoms with Crippen LogP contribution in [-0.4, -0.2) is 5.91 Å². The number of carbonyl (C=O) groups excluding carboxylic acids is 1. The molecule has 0 saturated carbocycles. The summed E-state index contributed by atoms with van der Waals surface area (Å²) in [6, 6.07) is 7.82. The minimum atomic E-state index is -0.195. The van der Waals surface area contributed by atoms with Crippen LogP contribution in [0.15, 0.2) is 41.3 Å². The summed E-state index contributed by atoms with van der Waals surface area (Å²) in [5.74, 6) is 0.594. The number of hydrogen-bond acceptors (Lipinski definition) is 2. The van der Waals surface area contributed by atoms with Gasteiger partial charge >= 0.3 is 0 Å². The Morgan fingerprint density at radius 3 is 2.82 bits per heavy atom. The normalized spacial score (nSPS) is 9.71. The zero-order valence-electron chi connectivity index (χ0n) is 9.53. The van der Waals surface area contributed by atoms with Crippen molar-refractivity contribution >= 4 is 29.3 Å². The highest BCUT2D eigenvalue weighted by atomic mass is 35.5. The highest BCUT2D eigenvalue weighted by molar-refractivity contribution is 5.87. The summed E-state index contributed by atoms with van der Waals surface area (Å²) in [4.78, 5) is 11.0. The molecule has 0 atom stereocenters. The van der Waals surface area contributed by atoms with Crippen molar-refractivity contribution < 1.29 is 9.21 Å². The lowest BCUT2D eigenvalue weighted by Crippen LogP contribution is -2.19. The Kier molecular flexibility index (Phi) is 4.35. The number of carbonyl (C=O) groups is 1. The van der Waals surface area contributed by atoms with Gasteiger partial charge in [-0.15, -0.1) is 12.4 Å². The van der Waals surface area contributed by atoms with E-state index < -0.39 is 0 Å². The van der Waals surface area contributed by atoms with Crippen molar-refractivity contribution in [3.8, 4) is 0 Å². The molecule has 0 saturated heterocycles. The number of benzene rings is 1. The van der Waals surface area contributed by atoms with E-state index in [0.29, 0.717) is 6.54 Å². The lowest BCUT2D eigenvalue weighted by Gasteiger charge is -1.99. The van der Waals surface area contributed by atoms with E-state index >= 15 is 0 Å². The fraction of sp³-hybridized carbons (Fsp3) is 0.154. The zero-order chi connectivity index (χ0) is 11.5. The third-order valence-electron chi connectivity index (χ3n) is 2.55. The fourth-order valence-corrected chi connectivity index (χ4v) is 1.63. The van der Waals surface area contributed by atoms with Crippen molar-refractivity contribution in [2.75, 3.05) is 0 Å². The number of nitrogens with one attached hydrogen (secondary N) is 1. The Morgan fingerprint density at radius 2 is 2.18 bits per heavy atom. The molecule has 1 amide bonds. The first-order valence-electron chi connectivity index (χ1n) is 5.09. The highest BCUT2D eigenvalue weighted by Crippen LogP contribution is 2.24. The molecule has 1 aromatic heterocycles. The average Bonchev–Trinajstić information content (AvgIpc) is 2.64. The molecular weight excluding hydrogens is 238 g/mol. The monoisotopic (exact) mass is 251 g/mol. The molecule has 1 heterocycles. The first-order valence-corrected chi connectivity index (χ1v) is 5.09. The molecule has 0 spiro atoms. The lowest BCUT2D eigenvalue weighted by atomic mass is 10.1. The number of para-hydroxylation sites is 1. The summed E-state index contributed by atoms with van der Waals surface area (Å²) in [5.41, 5.74) is 1.92. The van der Waals surface area contributed by atoms with Gasteiger partial charge in [-0.1, -0.05) is 24.8 Å². The molecule has 0 aliphatic rings. The fourth-order valence-electron chi connectivity index (χ4n) is 1.63. The quantitative estimate of drug-likeness (QED) is 0.853. The summed E-state index contributed by atoms with van der Waals surface area (Å²) in [5, 5.41) is 3.79. The number of halogens is 1. The van der Waals surface area contributed by atoms with Gasteiger partial charge in [-0.25, -0.2) is 0 Å². The molecule has 2 rings (SSSR count). The van der Waals surface area contributed by atoms with E-state index in [1.807, 2.05) is 31.2 Å². The van der Waals surface area contributed by atoms with E-state index in [0.717, 1.165) is 22.3 Å². The van der Waals surface area contributed by atoms with Gasteiger partial charge in [0.25, 0.3) is 0 Å². The largest absolute Gasteiger partial charge is 0.459 e. The number of furan rings is 1. The highest BCUT2D eigenvalue weighted by Gasteiger charge is 2.09. The van der Waals surface area contributed by atoms with Crippen molar-refractivity contribution in [3.05, 3.63) is 48.2 Å². The van der Waals surface area contributed by atoms with Gasteiger partial charge in [-0.2, -0.15) is 0 Å². The van der Waals surface area contributed by atoms with Gasteiger partial charge in [0.15, 0.2) is 0 Å². The molecule has 1 aromatic carbocycles. The van der Waals surface area contributed by atoms with Crippen LogP contribution in [0.4, 0.5) is 0 Å². The Morgan fingerprint density at radius 1 is 1.47 bits per heavy atom. The van der Waals surface area contributed by atoms with Gasteiger partial charge in [0.2, 0.25) is 5.91 Å². The molecule has 4 heteroatoms. The van der Waals surface area contributed by atoms with Crippen molar-refractivity contribution in [3.63, 3.8) is 0 Å². The first-order chi connectivity index (χ1) is 7.72. The molecule has 0 unspecified atom stereocenters. The van der Waals surface area contributed by atoms with Crippen LogP contribution in [0.2, 0.25) is 0 Å². The number of aryl methyl sites for hydroxylation is 1. The Balaban J connectivity index is 0.00000144. The SMILES string of the molecule is C=CC(=O)NCc1oc2ccccc2c1C.Cl. The molecule has 1 N–H and O–H groups in total. The average molecular weight is 252 g/mol. The first kappa shape index (κ1) is 13.3. The van der Waals surface area contributed by atoms with Gasteiger partial charge < -0.3 is 9.73 Å². The minimum absolute atomic E-state index is 0. The van der Waals surface area contributed by atoms with E-state index in [2.05, 4.69) is 11.9 Å². The van der Waals surface area contributed by atoms with Crippen molar-refractivity contribution in [2.24, 2.45) is 0 Å². The minimum Gasteiger partial charge on any atom is -0.459 e. The molecule has 2 aromatic rings. The Labute approximate surface area is 106 Å². The van der Waals surface area contributed by atoms with Crippen LogP contribution in [0.3, 0.4) is 0 Å². The number of rotatable bonds is 3. The van der Waals surface area contributed by atoms with Crippen LogP contribution >= 0.6 is 12.4 Å². The lowest BCUT2D eigenvalue weighted by molar-refractivity contribution is -0.116. The van der Waals surface area contributed by atoms with Crippen LogP contribution in [0.1, 0.15) is 11.3 Å². The predicted octanol–water partition coefficient (Wildman–Crippen LogP) is 2.97. The smallest absolute Gasteiger partial charge is 0.243 e. The molecule has 3 nitrogen and oxygen atoms in total. The van der Waals surface area contributed by atoms with Gasteiger partial charge in [0, 0.05) is 10.9 Å². The Hall–Kier alpha value is -1.74. The van der Waals surface area contributed by atoms with Gasteiger partial charge in [-0.3, -0.25) is 4.79 Å². The second kappa shape index (κ2) is 5.55. The Bertz CT molecular complexity index is 545. The maximum Gasteiger partial charge on any atom is 0.243 e. The molecule has 0 aliphatic heterocycles. The van der Waals surface area contributed by atoms with Gasteiger partial charge in [0.1, 0.15) is 11.3 Å². The topological polar surface area (TPSA) is 42.2 Å². The van der Waals surface area contributed by atoms with Crippen LogP contribution in [0.5, 0.6) is 0 Å². The second-order valence-electron chi connectivity index (χ2n) is 3.57. The third-order valence-corrected chi connectivity index (χ3v) is 2.55. The molecule has 17 heavy (non-hydrogen) atoms. The number of amides is 1. The molecule has 0 radical (unpaired) electrons. The second-order valence-corrected chi connectivity index (χ2v) is 3.57. The van der Waals surface area contributed by atoms with E-state index in [-0.39, 0.29) is 18.3 Å². The van der Waals surface area contributed by atoms with Crippen LogP contribution < -0.4 is 5.32 Å². The van der Waals surface area contributed by atoms with E-state index in [1.54, 1.807) is 0 Å². The third kappa shape index (κ3) is 2.68. The van der Waals surface area contributed by atoms with Crippen LogP contribution in [0, 0.1) is 6.92 Å². The molecule has 90 valence electrons. The van der Waals surface area contributed by atoms with Crippen molar-refractivity contribution in [1.82, 2.24) is 5.32 Å². The zero-order valence-corrected chi connectivity index (χ0v) is 10.3. The van der Waals surface area contributed by atoms with E-state index in [4.69, 9.17) is 4.42 Å². The number of fused-ring (bicyclic) bond motifs is 1. The summed E-state index contributed by atoms with van der Waals surface area (Å²) < 4.78 is 5.64. The van der Waals surface area contributed by atoms with Gasteiger partial charge in [-0.05, 0) is 19.1 Å². The standard InChI is InChI=1S/C13H13NO2.ClH/c1-3-13(15)14-8-12-9(2)10-6-4-5-7-11(10)16-12;/h3-7H,1,8H2,2H3,(H,14,15);1H. The van der Waals surface area contributed by atoms with Crippen LogP contribution in [-0.2, 0) is 11.3 Å². The summed E-state index contributed by atoms with van der Waals surface area (Å²) in [6.45, 7) is 5.78. The molecule has 0 aliphatic carbocycles. The molecular formula is C13H14ClNO2. The van der Waals surface area contributed by atoms with Crippen molar-refractivity contribution in [2.45, 2.75) is 13.5 Å². The summed E-state index contributed by atoms with van der Waals surface area (Å²) in [7, 11) is 0. The maximum absolute atomic E-state index is 11.0. The van der Waals surface area contributed by atoms with Crippen LogP contribution in [0.25, 0.3) is 11.0 Å². The predicted molar refractivity (Wildman–Crippen MR) is 70.2 cm³/mol. The molecule has 0 fully saturated rings. The van der Waals surface area contributed by atoms with E-state index in [1.165, 1.54) is 6.08 Å². The summed E-state index contributed by atoms with van der Waals surface area (Å²) >= 11 is 0. The van der Waals surface area contributed by atoms with Crippen molar-refractivity contribution in [1.29, 1.82) is 0 Å². The maximum atomic E-state index is 11.0. The number of hydrogen-bond donors (Lipinski definition) is 1. The summed E-state index contributed by atoms with van der Waals surface area (Å²) in [6.07, 6.45) is 1.25. The van der Waals surface area contributed by atoms with E-state index in [9.17, 15) is 4.79 Å². The molecule has 0 bridgehead atoms.